The first-order valence-corrected chi connectivity index (χ1v) is 6.10. The van der Waals surface area contributed by atoms with E-state index in [0.29, 0.717) is 12.0 Å². The molecule has 0 saturated heterocycles. The smallest absolute Gasteiger partial charge is 0.118 e. The van der Waals surface area contributed by atoms with Crippen LogP contribution in [0.3, 0.4) is 0 Å². The van der Waals surface area contributed by atoms with Crippen LogP contribution in [0.4, 0.5) is 0 Å². The van der Waals surface area contributed by atoms with Gasteiger partial charge in [-0.1, -0.05) is 20.8 Å². The third kappa shape index (κ3) is 3.72. The summed E-state index contributed by atoms with van der Waals surface area (Å²) in [6.45, 7) is 7.76. The van der Waals surface area contributed by atoms with Crippen LogP contribution in [-0.4, -0.2) is 22.8 Å². The van der Waals surface area contributed by atoms with Crippen LogP contribution >= 0.6 is 11.3 Å². The second-order valence-electron chi connectivity index (χ2n) is 3.84. The zero-order valence-corrected chi connectivity index (χ0v) is 9.97. The summed E-state index contributed by atoms with van der Waals surface area (Å²) >= 11 is 1.64. The topological polar surface area (TPSA) is 37.8 Å². The lowest BCUT2D eigenvalue weighted by Gasteiger charge is -2.20. The lowest BCUT2D eigenvalue weighted by molar-refractivity contribution is 0.396. The van der Waals surface area contributed by atoms with E-state index in [4.69, 9.17) is 0 Å². The van der Waals surface area contributed by atoms with Crippen LogP contribution < -0.4 is 5.32 Å². The van der Waals surface area contributed by atoms with Gasteiger partial charge in [0.25, 0.3) is 0 Å². The first-order chi connectivity index (χ1) is 6.74. The van der Waals surface area contributed by atoms with E-state index in [2.05, 4.69) is 36.3 Å². The van der Waals surface area contributed by atoms with E-state index < -0.39 is 0 Å². The second-order valence-corrected chi connectivity index (χ2v) is 4.76. The molecule has 0 fully saturated rings. The molecule has 4 heteroatoms. The Kier molecular flexibility index (Phi) is 5.04. The van der Waals surface area contributed by atoms with Crippen molar-refractivity contribution in [3.05, 3.63) is 10.5 Å². The molecule has 0 amide bonds. The third-order valence-electron chi connectivity index (χ3n) is 2.26. The van der Waals surface area contributed by atoms with E-state index in [1.165, 1.54) is 6.42 Å². The molecule has 1 atom stereocenters. The van der Waals surface area contributed by atoms with Crippen molar-refractivity contribution >= 4 is 11.3 Å². The quantitative estimate of drug-likeness (QED) is 0.786. The molecule has 0 saturated carbocycles. The predicted octanol–water partition coefficient (Wildman–Crippen LogP) is 2.10. The summed E-state index contributed by atoms with van der Waals surface area (Å²) in [4.78, 5) is 0. The van der Waals surface area contributed by atoms with Crippen molar-refractivity contribution in [3.8, 4) is 0 Å². The Bertz CT molecular complexity index is 234. The zero-order chi connectivity index (χ0) is 10.4. The summed E-state index contributed by atoms with van der Waals surface area (Å²) in [5, 5.41) is 12.6. The van der Waals surface area contributed by atoms with Crippen LogP contribution in [0.5, 0.6) is 0 Å². The van der Waals surface area contributed by atoms with Gasteiger partial charge in [0.1, 0.15) is 10.5 Å². The monoisotopic (exact) mass is 213 g/mol. The molecule has 0 radical (unpaired) electrons. The summed E-state index contributed by atoms with van der Waals surface area (Å²) < 4.78 is 0. The van der Waals surface area contributed by atoms with Gasteiger partial charge in [-0.05, 0) is 18.9 Å². The van der Waals surface area contributed by atoms with Gasteiger partial charge in [-0.25, -0.2) is 0 Å². The fraction of sp³-hybridized carbons (Fsp3) is 0.800. The largest absolute Gasteiger partial charge is 0.313 e. The lowest BCUT2D eigenvalue weighted by atomic mass is 10.0. The number of aromatic nitrogens is 2. The fourth-order valence-corrected chi connectivity index (χ4v) is 1.93. The molecule has 3 nitrogen and oxygen atoms in total. The summed E-state index contributed by atoms with van der Waals surface area (Å²) in [5.41, 5.74) is 1.80. The van der Waals surface area contributed by atoms with E-state index >= 15 is 0 Å². The summed E-state index contributed by atoms with van der Waals surface area (Å²) in [5.74, 6) is 0.644. The van der Waals surface area contributed by atoms with Crippen molar-refractivity contribution in [1.29, 1.82) is 0 Å². The average Bonchev–Trinajstić information content (AvgIpc) is 2.64. The molecule has 0 spiro atoms. The molecule has 80 valence electrons. The first kappa shape index (κ1) is 11.6. The zero-order valence-electron chi connectivity index (χ0n) is 9.16. The van der Waals surface area contributed by atoms with Gasteiger partial charge in [0.15, 0.2) is 0 Å². The first-order valence-electron chi connectivity index (χ1n) is 5.22. The molecule has 1 aromatic rings. The maximum atomic E-state index is 4.08. The van der Waals surface area contributed by atoms with Gasteiger partial charge in [-0.3, -0.25) is 0 Å². The Balaban J connectivity index is 2.43. The van der Waals surface area contributed by atoms with Crippen LogP contribution in [0.2, 0.25) is 0 Å². The van der Waals surface area contributed by atoms with E-state index in [-0.39, 0.29) is 0 Å². The number of rotatable bonds is 6. The van der Waals surface area contributed by atoms with Crippen molar-refractivity contribution in [2.75, 3.05) is 6.54 Å². The van der Waals surface area contributed by atoms with Crippen molar-refractivity contribution in [1.82, 2.24) is 15.5 Å². The fourth-order valence-electron chi connectivity index (χ4n) is 1.35. The number of hydrogen-bond acceptors (Lipinski definition) is 4. The van der Waals surface area contributed by atoms with E-state index in [0.717, 1.165) is 18.0 Å². The average molecular weight is 213 g/mol. The summed E-state index contributed by atoms with van der Waals surface area (Å²) in [6, 6.07) is 0.530. The molecular formula is C10H19N3S. The standard InChI is InChI=1S/C10H19N3S/c1-4-5-11-9(8(2)3)6-10-13-12-7-14-10/h7-9,11H,4-6H2,1-3H3. The second kappa shape index (κ2) is 6.09. The van der Waals surface area contributed by atoms with Crippen molar-refractivity contribution in [2.24, 2.45) is 5.92 Å². The molecule has 0 aliphatic carbocycles. The van der Waals surface area contributed by atoms with Gasteiger partial charge in [0, 0.05) is 12.5 Å². The van der Waals surface area contributed by atoms with Crippen LogP contribution in [-0.2, 0) is 6.42 Å². The van der Waals surface area contributed by atoms with Crippen molar-refractivity contribution in [3.63, 3.8) is 0 Å². The van der Waals surface area contributed by atoms with E-state index in [9.17, 15) is 0 Å². The Morgan fingerprint density at radius 1 is 1.50 bits per heavy atom. The minimum atomic E-state index is 0.530. The molecule has 1 aromatic heterocycles. The number of nitrogens with one attached hydrogen (secondary N) is 1. The van der Waals surface area contributed by atoms with Gasteiger partial charge in [0.2, 0.25) is 0 Å². The Morgan fingerprint density at radius 3 is 2.79 bits per heavy atom. The van der Waals surface area contributed by atoms with Gasteiger partial charge < -0.3 is 5.32 Å². The maximum absolute atomic E-state index is 4.08. The predicted molar refractivity (Wildman–Crippen MR) is 60.5 cm³/mol. The van der Waals surface area contributed by atoms with Gasteiger partial charge >= 0.3 is 0 Å². The minimum absolute atomic E-state index is 0.530. The number of hydrogen-bond donors (Lipinski definition) is 1. The Hall–Kier alpha value is -0.480. The van der Waals surface area contributed by atoms with Gasteiger partial charge in [0.05, 0.1) is 0 Å². The molecule has 0 bridgehead atoms. The molecule has 1 unspecified atom stereocenters. The summed E-state index contributed by atoms with van der Waals surface area (Å²) in [6.07, 6.45) is 2.18. The highest BCUT2D eigenvalue weighted by molar-refractivity contribution is 7.09. The van der Waals surface area contributed by atoms with Crippen LogP contribution in [0, 0.1) is 5.92 Å². The highest BCUT2D eigenvalue weighted by Gasteiger charge is 2.14. The molecule has 1 N–H and O–H groups in total. The Morgan fingerprint density at radius 2 is 2.29 bits per heavy atom. The molecule has 1 heterocycles. The Labute approximate surface area is 89.9 Å². The molecule has 1 rings (SSSR count). The third-order valence-corrected chi connectivity index (χ3v) is 2.98. The molecule has 0 aromatic carbocycles. The van der Waals surface area contributed by atoms with Crippen molar-refractivity contribution < 1.29 is 0 Å². The lowest BCUT2D eigenvalue weighted by Crippen LogP contribution is -2.36. The van der Waals surface area contributed by atoms with Crippen LogP contribution in [0.1, 0.15) is 32.2 Å². The molecule has 0 aliphatic rings. The highest BCUT2D eigenvalue weighted by Crippen LogP contribution is 2.11. The SMILES string of the molecule is CCCNC(Cc1nncs1)C(C)C. The highest BCUT2D eigenvalue weighted by atomic mass is 32.1. The number of nitrogens with zero attached hydrogens (tertiary/aromatic N) is 2. The van der Waals surface area contributed by atoms with Crippen LogP contribution in [0.15, 0.2) is 5.51 Å². The van der Waals surface area contributed by atoms with Gasteiger partial charge in [-0.15, -0.1) is 21.5 Å². The van der Waals surface area contributed by atoms with Crippen LogP contribution in [0.25, 0.3) is 0 Å². The molecular weight excluding hydrogens is 194 g/mol. The van der Waals surface area contributed by atoms with Gasteiger partial charge in [-0.2, -0.15) is 0 Å². The summed E-state index contributed by atoms with van der Waals surface area (Å²) in [7, 11) is 0. The van der Waals surface area contributed by atoms with Crippen molar-refractivity contribution in [2.45, 2.75) is 39.7 Å². The van der Waals surface area contributed by atoms with E-state index in [1.807, 2.05) is 0 Å². The minimum Gasteiger partial charge on any atom is -0.313 e. The van der Waals surface area contributed by atoms with E-state index in [1.54, 1.807) is 16.8 Å². The normalized spacial score (nSPS) is 13.4. The molecule has 0 aliphatic heterocycles. The molecule has 14 heavy (non-hydrogen) atoms. The maximum Gasteiger partial charge on any atom is 0.118 e.